The van der Waals surface area contributed by atoms with E-state index in [1.54, 1.807) is 6.92 Å². The van der Waals surface area contributed by atoms with Gasteiger partial charge in [-0.2, -0.15) is 13.2 Å². The third-order valence-corrected chi connectivity index (χ3v) is 8.26. The van der Waals surface area contributed by atoms with Gasteiger partial charge in [-0.25, -0.2) is 14.4 Å². The zero-order chi connectivity index (χ0) is 33.7. The van der Waals surface area contributed by atoms with Crippen LogP contribution in [0.15, 0.2) is 66.7 Å². The highest BCUT2D eigenvalue weighted by Gasteiger charge is 2.45. The summed E-state index contributed by atoms with van der Waals surface area (Å²) in [6.07, 6.45) is -3.23. The second-order valence-corrected chi connectivity index (χ2v) is 12.1. The van der Waals surface area contributed by atoms with Crippen LogP contribution >= 0.6 is 0 Å². The van der Waals surface area contributed by atoms with Gasteiger partial charge in [0.05, 0.1) is 24.0 Å². The fraction of sp³-hybridized carbons (Fsp3) is 0.294. The van der Waals surface area contributed by atoms with Crippen molar-refractivity contribution >= 4 is 11.8 Å². The molecule has 1 saturated carbocycles. The highest BCUT2D eigenvalue weighted by molar-refractivity contribution is 5.95. The highest BCUT2D eigenvalue weighted by atomic mass is 19.4. The molecular formula is C34H30F4N4O5. The van der Waals surface area contributed by atoms with Crippen LogP contribution in [0.25, 0.3) is 22.5 Å². The minimum absolute atomic E-state index is 0.0388. The van der Waals surface area contributed by atoms with Crippen molar-refractivity contribution in [2.24, 2.45) is 5.73 Å². The summed E-state index contributed by atoms with van der Waals surface area (Å²) in [5, 5.41) is 14.3. The number of alkyl halides is 3. The van der Waals surface area contributed by atoms with Gasteiger partial charge in [0.15, 0.2) is 0 Å². The summed E-state index contributed by atoms with van der Waals surface area (Å²) in [6, 6.07) is 14.8. The van der Waals surface area contributed by atoms with Crippen LogP contribution in [-0.4, -0.2) is 46.1 Å². The number of aliphatic hydroxyl groups is 1. The van der Waals surface area contributed by atoms with Crippen molar-refractivity contribution in [3.8, 4) is 34.0 Å². The third kappa shape index (κ3) is 6.35. The molecule has 2 aliphatic rings. The lowest BCUT2D eigenvalue weighted by Crippen LogP contribution is -2.41. The summed E-state index contributed by atoms with van der Waals surface area (Å²) in [6.45, 7) is 2.64. The molecule has 2 atom stereocenters. The Balaban J connectivity index is 1.29. The van der Waals surface area contributed by atoms with Crippen molar-refractivity contribution < 1.29 is 41.7 Å². The average molecular weight is 651 g/mol. The Bertz CT molecular complexity index is 1880. The number of nitrogens with two attached hydrogens (primary N) is 1. The minimum Gasteiger partial charge on any atom is -0.490 e. The van der Waals surface area contributed by atoms with E-state index in [1.165, 1.54) is 67.6 Å². The molecule has 2 aromatic heterocycles. The van der Waals surface area contributed by atoms with Crippen molar-refractivity contribution in [1.29, 1.82) is 0 Å². The summed E-state index contributed by atoms with van der Waals surface area (Å²) < 4.78 is 65.5. The van der Waals surface area contributed by atoms with Gasteiger partial charge in [0, 0.05) is 22.3 Å². The minimum atomic E-state index is -4.64. The Morgan fingerprint density at radius 3 is 2.45 bits per heavy atom. The predicted octanol–water partition coefficient (Wildman–Crippen LogP) is 5.28. The van der Waals surface area contributed by atoms with E-state index in [0.29, 0.717) is 16.7 Å². The van der Waals surface area contributed by atoms with Crippen molar-refractivity contribution in [2.75, 3.05) is 13.2 Å². The van der Waals surface area contributed by atoms with Gasteiger partial charge in [0.25, 0.3) is 5.91 Å². The molecule has 0 unspecified atom stereocenters. The molecule has 0 saturated heterocycles. The average Bonchev–Trinajstić information content (AvgIpc) is 3.79. The molecule has 4 N–H and O–H groups in total. The molecule has 1 fully saturated rings. The normalized spacial score (nSPS) is 18.5. The molecule has 1 aliphatic heterocycles. The summed E-state index contributed by atoms with van der Waals surface area (Å²) >= 11 is 0. The summed E-state index contributed by atoms with van der Waals surface area (Å²) in [5.74, 6) is -1.24. The number of nitrogens with zero attached hydrogens (tertiary/aromatic N) is 2. The predicted molar refractivity (Wildman–Crippen MR) is 162 cm³/mol. The maximum atomic E-state index is 13.7. The van der Waals surface area contributed by atoms with E-state index in [1.807, 2.05) is 0 Å². The first-order valence-electron chi connectivity index (χ1n) is 14.8. The van der Waals surface area contributed by atoms with Gasteiger partial charge >= 0.3 is 6.18 Å². The van der Waals surface area contributed by atoms with Gasteiger partial charge in [-0.1, -0.05) is 6.07 Å². The Morgan fingerprint density at radius 2 is 1.79 bits per heavy atom. The van der Waals surface area contributed by atoms with Crippen molar-refractivity contribution in [1.82, 2.24) is 15.3 Å². The molecule has 6 rings (SSSR count). The van der Waals surface area contributed by atoms with E-state index < -0.39 is 40.5 Å². The molecule has 0 radical (unpaired) electrons. The first-order valence-corrected chi connectivity index (χ1v) is 14.8. The molecule has 2 amide bonds. The van der Waals surface area contributed by atoms with E-state index in [2.05, 4.69) is 15.3 Å². The van der Waals surface area contributed by atoms with Crippen LogP contribution in [0.2, 0.25) is 0 Å². The van der Waals surface area contributed by atoms with Crippen molar-refractivity contribution in [3.63, 3.8) is 0 Å². The number of halogens is 4. The summed E-state index contributed by atoms with van der Waals surface area (Å²) in [5.41, 5.74) is 3.33. The maximum absolute atomic E-state index is 13.7. The van der Waals surface area contributed by atoms with E-state index in [0.717, 1.165) is 18.9 Å². The van der Waals surface area contributed by atoms with E-state index >= 15 is 0 Å². The van der Waals surface area contributed by atoms with Gasteiger partial charge in [-0.15, -0.1) is 0 Å². The molecule has 2 aromatic carbocycles. The number of fused-ring (bicyclic) bond motifs is 1. The van der Waals surface area contributed by atoms with Gasteiger partial charge in [0.2, 0.25) is 5.91 Å². The number of nitrogens with one attached hydrogen (secondary N) is 1. The van der Waals surface area contributed by atoms with Crippen LogP contribution in [0.1, 0.15) is 54.0 Å². The summed E-state index contributed by atoms with van der Waals surface area (Å²) in [4.78, 5) is 34.2. The zero-order valence-corrected chi connectivity index (χ0v) is 25.3. The number of carbonyl (C=O) groups is 2. The second kappa shape index (κ2) is 11.6. The second-order valence-electron chi connectivity index (χ2n) is 12.1. The number of hydrogen-bond acceptors (Lipinski definition) is 7. The van der Waals surface area contributed by atoms with Crippen LogP contribution in [0.5, 0.6) is 11.5 Å². The lowest BCUT2D eigenvalue weighted by atomic mass is 9.82. The van der Waals surface area contributed by atoms with Gasteiger partial charge in [-0.05, 0) is 87.4 Å². The number of amides is 2. The molecule has 4 aromatic rings. The monoisotopic (exact) mass is 650 g/mol. The number of pyridine rings is 2. The standard InChI is InChI=1S/C34H30F4N4O5/c1-32(31(39)44)17-46-29-23(32)15-27(42-28(29)18-6-9-20(35)10-7-18)33(2,45)16-40-30(43)19-8-13-22(25(14-19)47-21-11-12-21)24-4-3-5-26(41-24)34(36,37)38/h3-10,13-15,21,45H,11-12,16-17H2,1-2H3,(H2,39,44)(H,40,43)/t32-,33-/m0/s1. The third-order valence-electron chi connectivity index (χ3n) is 8.26. The first-order chi connectivity index (χ1) is 22.2. The molecule has 3 heterocycles. The van der Waals surface area contributed by atoms with Crippen LogP contribution < -0.4 is 20.5 Å². The number of rotatable bonds is 9. The number of ether oxygens (including phenoxy) is 2. The largest absolute Gasteiger partial charge is 0.490 e. The quantitative estimate of drug-likeness (QED) is 0.210. The number of carbonyl (C=O) groups excluding carboxylic acids is 2. The molecule has 13 heteroatoms. The fourth-order valence-electron chi connectivity index (χ4n) is 5.19. The molecule has 47 heavy (non-hydrogen) atoms. The van der Waals surface area contributed by atoms with E-state index in [4.69, 9.17) is 15.2 Å². The maximum Gasteiger partial charge on any atom is 0.433 e. The highest BCUT2D eigenvalue weighted by Crippen LogP contribution is 2.45. The lowest BCUT2D eigenvalue weighted by Gasteiger charge is -2.26. The van der Waals surface area contributed by atoms with Crippen LogP contribution in [0, 0.1) is 5.82 Å². The van der Waals surface area contributed by atoms with Crippen LogP contribution in [0.4, 0.5) is 17.6 Å². The Hall–Kier alpha value is -5.04. The summed E-state index contributed by atoms with van der Waals surface area (Å²) in [7, 11) is 0. The van der Waals surface area contributed by atoms with Gasteiger partial charge in [-0.3, -0.25) is 9.59 Å². The van der Waals surface area contributed by atoms with Gasteiger partial charge < -0.3 is 25.6 Å². The Kier molecular flexibility index (Phi) is 7.91. The molecule has 1 aliphatic carbocycles. The van der Waals surface area contributed by atoms with Crippen LogP contribution in [0.3, 0.4) is 0 Å². The van der Waals surface area contributed by atoms with Crippen molar-refractivity contribution in [2.45, 2.75) is 50.0 Å². The van der Waals surface area contributed by atoms with Crippen LogP contribution in [-0.2, 0) is 22.0 Å². The smallest absolute Gasteiger partial charge is 0.433 e. The number of hydrogen-bond donors (Lipinski definition) is 3. The Morgan fingerprint density at radius 1 is 1.06 bits per heavy atom. The van der Waals surface area contributed by atoms with E-state index in [9.17, 15) is 32.3 Å². The molecule has 0 bridgehead atoms. The molecule has 9 nitrogen and oxygen atoms in total. The molecule has 244 valence electrons. The zero-order valence-electron chi connectivity index (χ0n) is 25.3. The Labute approximate surface area is 266 Å². The van der Waals surface area contributed by atoms with E-state index in [-0.39, 0.29) is 53.4 Å². The number of primary amides is 1. The lowest BCUT2D eigenvalue weighted by molar-refractivity contribution is -0.141. The first kappa shape index (κ1) is 31.9. The topological polar surface area (TPSA) is 137 Å². The fourth-order valence-corrected chi connectivity index (χ4v) is 5.19. The number of benzene rings is 2. The molecular weight excluding hydrogens is 620 g/mol. The molecule has 0 spiro atoms. The number of aromatic nitrogens is 2. The SMILES string of the molecule is C[C@](O)(CNC(=O)c1ccc(-c2cccc(C(F)(F)F)n2)c(OC2CC2)c1)c1cc2c(c(-c3ccc(F)cc3)n1)OC[C@]2(C)C(N)=O. The van der Waals surface area contributed by atoms with Crippen molar-refractivity contribution in [3.05, 3.63) is 95.1 Å². The van der Waals surface area contributed by atoms with Gasteiger partial charge in [0.1, 0.15) is 46.3 Å².